The number of carbonyl (C=O) groups is 1. The van der Waals surface area contributed by atoms with Crippen molar-refractivity contribution in [1.29, 1.82) is 0 Å². The van der Waals surface area contributed by atoms with Crippen molar-refractivity contribution in [3.63, 3.8) is 0 Å². The first-order valence-electron chi connectivity index (χ1n) is 5.33. The Morgan fingerprint density at radius 1 is 1.26 bits per heavy atom. The minimum atomic E-state index is -4.49. The zero-order chi connectivity index (χ0) is 14.7. The molecule has 0 aliphatic carbocycles. The Bertz CT molecular complexity index is 459. The van der Waals surface area contributed by atoms with E-state index in [4.69, 9.17) is 23.2 Å². The monoisotopic (exact) mass is 313 g/mol. The summed E-state index contributed by atoms with van der Waals surface area (Å²) in [5, 5.41) is 2.52. The number of alkyl halides is 5. The van der Waals surface area contributed by atoms with Crippen LogP contribution in [-0.4, -0.2) is 23.2 Å². The fourth-order valence-electron chi connectivity index (χ4n) is 1.29. The molecule has 0 saturated heterocycles. The smallest absolute Gasteiger partial charge is 0.344 e. The van der Waals surface area contributed by atoms with Gasteiger partial charge in [0.05, 0.1) is 11.1 Å². The van der Waals surface area contributed by atoms with Crippen LogP contribution in [0.3, 0.4) is 0 Å². The summed E-state index contributed by atoms with van der Waals surface area (Å²) in [7, 11) is 0. The second-order valence-corrected chi connectivity index (χ2v) is 4.90. The highest BCUT2D eigenvalue weighted by molar-refractivity contribution is 6.22. The van der Waals surface area contributed by atoms with Crippen molar-refractivity contribution in [3.05, 3.63) is 35.4 Å². The van der Waals surface area contributed by atoms with Gasteiger partial charge >= 0.3 is 6.18 Å². The molecule has 1 N–H and O–H groups in total. The maximum atomic E-state index is 12.5. The van der Waals surface area contributed by atoms with E-state index in [0.717, 1.165) is 12.1 Å². The molecule has 7 heteroatoms. The minimum Gasteiger partial charge on any atom is -0.344 e. The third-order valence-corrected chi connectivity index (χ3v) is 3.64. The van der Waals surface area contributed by atoms with Crippen molar-refractivity contribution in [3.8, 4) is 0 Å². The van der Waals surface area contributed by atoms with Crippen LogP contribution in [0.15, 0.2) is 24.3 Å². The Kier molecular flexibility index (Phi) is 5.10. The molecular formula is C12H12Cl2F3NO. The van der Waals surface area contributed by atoms with Gasteiger partial charge in [0.1, 0.15) is 0 Å². The van der Waals surface area contributed by atoms with Gasteiger partial charge in [-0.05, 0) is 25.1 Å². The van der Waals surface area contributed by atoms with Crippen LogP contribution in [0.5, 0.6) is 0 Å². The Balaban J connectivity index is 2.95. The van der Waals surface area contributed by atoms with Crippen LogP contribution in [0.1, 0.15) is 22.8 Å². The lowest BCUT2D eigenvalue weighted by Crippen LogP contribution is -2.49. The molecule has 0 atom stereocenters. The number of rotatable bonds is 4. The summed E-state index contributed by atoms with van der Waals surface area (Å²) >= 11 is 11.3. The van der Waals surface area contributed by atoms with Gasteiger partial charge in [-0.1, -0.05) is 6.07 Å². The van der Waals surface area contributed by atoms with Crippen molar-refractivity contribution in [1.82, 2.24) is 5.32 Å². The molecule has 0 aliphatic heterocycles. The molecule has 0 aromatic heterocycles. The van der Waals surface area contributed by atoms with Crippen molar-refractivity contribution in [2.24, 2.45) is 0 Å². The van der Waals surface area contributed by atoms with Gasteiger partial charge in [-0.25, -0.2) is 0 Å². The molecule has 1 aromatic rings. The highest BCUT2D eigenvalue weighted by atomic mass is 35.5. The Morgan fingerprint density at radius 3 is 2.32 bits per heavy atom. The lowest BCUT2D eigenvalue weighted by molar-refractivity contribution is -0.137. The van der Waals surface area contributed by atoms with E-state index < -0.39 is 23.2 Å². The van der Waals surface area contributed by atoms with Crippen molar-refractivity contribution >= 4 is 29.1 Å². The molecule has 19 heavy (non-hydrogen) atoms. The van der Waals surface area contributed by atoms with Crippen LogP contribution in [0, 0.1) is 0 Å². The molecule has 0 heterocycles. The van der Waals surface area contributed by atoms with Gasteiger partial charge < -0.3 is 5.32 Å². The van der Waals surface area contributed by atoms with Crippen LogP contribution < -0.4 is 5.32 Å². The highest BCUT2D eigenvalue weighted by Gasteiger charge is 2.31. The summed E-state index contributed by atoms with van der Waals surface area (Å²) in [5.41, 5.74) is -1.83. The second-order valence-electron chi connectivity index (χ2n) is 4.36. The standard InChI is InChI=1S/C12H12Cl2F3NO/c1-11(6-13,7-14)18-10(19)8-3-2-4-9(5-8)12(15,16)17/h2-5H,6-7H2,1H3,(H,18,19). The number of carbonyl (C=O) groups excluding carboxylic acids is 1. The van der Waals surface area contributed by atoms with Crippen molar-refractivity contribution < 1.29 is 18.0 Å². The molecule has 0 fully saturated rings. The zero-order valence-corrected chi connectivity index (χ0v) is 11.5. The number of halogens is 5. The van der Waals surface area contributed by atoms with Crippen LogP contribution in [0.2, 0.25) is 0 Å². The van der Waals surface area contributed by atoms with Crippen LogP contribution in [0.25, 0.3) is 0 Å². The fraction of sp³-hybridized carbons (Fsp3) is 0.417. The fourth-order valence-corrected chi connectivity index (χ4v) is 1.70. The number of benzene rings is 1. The summed E-state index contributed by atoms with van der Waals surface area (Å²) in [6.07, 6.45) is -4.49. The topological polar surface area (TPSA) is 29.1 Å². The molecule has 1 rings (SSSR count). The van der Waals surface area contributed by atoms with E-state index in [1.807, 2.05) is 0 Å². The van der Waals surface area contributed by atoms with Gasteiger partial charge in [0.15, 0.2) is 0 Å². The molecule has 1 aromatic carbocycles. The van der Waals surface area contributed by atoms with Gasteiger partial charge in [-0.2, -0.15) is 13.2 Å². The van der Waals surface area contributed by atoms with Crippen LogP contribution in [0.4, 0.5) is 13.2 Å². The van der Waals surface area contributed by atoms with Crippen molar-refractivity contribution in [2.75, 3.05) is 11.8 Å². The van der Waals surface area contributed by atoms with Gasteiger partial charge in [0, 0.05) is 17.3 Å². The first-order valence-corrected chi connectivity index (χ1v) is 6.40. The van der Waals surface area contributed by atoms with E-state index in [0.29, 0.717) is 0 Å². The third-order valence-electron chi connectivity index (χ3n) is 2.46. The van der Waals surface area contributed by atoms with E-state index >= 15 is 0 Å². The molecule has 0 radical (unpaired) electrons. The maximum Gasteiger partial charge on any atom is 0.416 e. The molecule has 0 bridgehead atoms. The second kappa shape index (κ2) is 6.01. The van der Waals surface area contributed by atoms with Gasteiger partial charge in [0.25, 0.3) is 5.91 Å². The lowest BCUT2D eigenvalue weighted by atomic mass is 10.1. The number of hydrogen-bond acceptors (Lipinski definition) is 1. The molecular weight excluding hydrogens is 302 g/mol. The van der Waals surface area contributed by atoms with Crippen LogP contribution in [-0.2, 0) is 6.18 Å². The number of amides is 1. The lowest BCUT2D eigenvalue weighted by Gasteiger charge is -2.26. The molecule has 1 amide bonds. The largest absolute Gasteiger partial charge is 0.416 e. The first kappa shape index (κ1) is 16.1. The summed E-state index contributed by atoms with van der Waals surface area (Å²) in [6.45, 7) is 1.61. The van der Waals surface area contributed by atoms with Crippen molar-refractivity contribution in [2.45, 2.75) is 18.6 Å². The van der Waals surface area contributed by atoms with E-state index in [-0.39, 0.29) is 17.3 Å². The molecule has 2 nitrogen and oxygen atoms in total. The van der Waals surface area contributed by atoms with Gasteiger partial charge in [-0.3, -0.25) is 4.79 Å². The minimum absolute atomic E-state index is 0.0567. The van der Waals surface area contributed by atoms with Crippen LogP contribution >= 0.6 is 23.2 Å². The quantitative estimate of drug-likeness (QED) is 0.844. The average molecular weight is 314 g/mol. The Morgan fingerprint density at radius 2 is 1.84 bits per heavy atom. The average Bonchev–Trinajstić information content (AvgIpc) is 2.37. The zero-order valence-electron chi connectivity index (χ0n) is 10.0. The highest BCUT2D eigenvalue weighted by Crippen LogP contribution is 2.29. The number of nitrogens with one attached hydrogen (secondary N) is 1. The maximum absolute atomic E-state index is 12.5. The molecule has 106 valence electrons. The normalized spacial score (nSPS) is 12.3. The predicted octanol–water partition coefficient (Wildman–Crippen LogP) is 3.67. The Hall–Kier alpha value is -0.940. The van der Waals surface area contributed by atoms with E-state index in [2.05, 4.69) is 5.32 Å². The summed E-state index contributed by atoms with van der Waals surface area (Å²) < 4.78 is 37.6. The summed E-state index contributed by atoms with van der Waals surface area (Å²) in [6, 6.07) is 4.17. The molecule has 0 spiro atoms. The van der Waals surface area contributed by atoms with E-state index in [9.17, 15) is 18.0 Å². The van der Waals surface area contributed by atoms with E-state index in [1.165, 1.54) is 12.1 Å². The molecule has 0 aliphatic rings. The molecule has 0 saturated carbocycles. The molecule has 0 unspecified atom stereocenters. The first-order chi connectivity index (χ1) is 8.72. The Labute approximate surface area is 118 Å². The van der Waals surface area contributed by atoms with Gasteiger partial charge in [0.2, 0.25) is 0 Å². The summed E-state index contributed by atoms with van der Waals surface area (Å²) in [4.78, 5) is 11.9. The van der Waals surface area contributed by atoms with E-state index in [1.54, 1.807) is 6.92 Å². The number of hydrogen-bond donors (Lipinski definition) is 1. The summed E-state index contributed by atoms with van der Waals surface area (Å²) in [5.74, 6) is -0.530. The van der Waals surface area contributed by atoms with Gasteiger partial charge in [-0.15, -0.1) is 23.2 Å². The predicted molar refractivity (Wildman–Crippen MR) is 68.8 cm³/mol. The SMILES string of the molecule is CC(CCl)(CCl)NC(=O)c1cccc(C(F)(F)F)c1. The third kappa shape index (κ3) is 4.28.